The molecule has 2 aromatic carbocycles. The van der Waals surface area contributed by atoms with Crippen LogP contribution in [0.1, 0.15) is 16.7 Å². The smallest absolute Gasteiger partial charge is 0.123 e. The van der Waals surface area contributed by atoms with Crippen molar-refractivity contribution < 1.29 is 8.78 Å². The van der Waals surface area contributed by atoms with Gasteiger partial charge in [-0.05, 0) is 66.6 Å². The number of hydrogen-bond donors (Lipinski definition) is 0. The molecule has 0 bridgehead atoms. The molecule has 0 radical (unpaired) electrons. The van der Waals surface area contributed by atoms with Crippen molar-refractivity contribution in [3.63, 3.8) is 0 Å². The van der Waals surface area contributed by atoms with Gasteiger partial charge in [0.1, 0.15) is 11.6 Å². The van der Waals surface area contributed by atoms with E-state index >= 15 is 0 Å². The lowest BCUT2D eigenvalue weighted by atomic mass is 9.92. The van der Waals surface area contributed by atoms with Crippen LogP contribution in [0, 0.1) is 24.5 Å². The summed E-state index contributed by atoms with van der Waals surface area (Å²) in [4.78, 5) is 0. The number of rotatable bonds is 5. The maximum absolute atomic E-state index is 13.1. The fraction of sp³-hybridized carbons (Fsp3) is 0.294. The summed E-state index contributed by atoms with van der Waals surface area (Å²) in [7, 11) is 0. The Morgan fingerprint density at radius 1 is 0.950 bits per heavy atom. The van der Waals surface area contributed by atoms with Crippen molar-refractivity contribution in [1.82, 2.24) is 0 Å². The van der Waals surface area contributed by atoms with Gasteiger partial charge in [0.05, 0.1) is 0 Å². The quantitative estimate of drug-likeness (QED) is 0.667. The van der Waals surface area contributed by atoms with Crippen molar-refractivity contribution in [1.29, 1.82) is 0 Å². The number of alkyl halides is 1. The van der Waals surface area contributed by atoms with Crippen molar-refractivity contribution in [2.24, 2.45) is 5.92 Å². The molecule has 20 heavy (non-hydrogen) atoms. The Balaban J connectivity index is 2.07. The number of halogens is 3. The molecule has 0 amide bonds. The van der Waals surface area contributed by atoms with Gasteiger partial charge in [0.25, 0.3) is 0 Å². The molecule has 0 aromatic heterocycles. The summed E-state index contributed by atoms with van der Waals surface area (Å²) >= 11 is 3.54. The molecule has 0 saturated heterocycles. The van der Waals surface area contributed by atoms with E-state index in [0.717, 1.165) is 34.9 Å². The topological polar surface area (TPSA) is 0 Å². The summed E-state index contributed by atoms with van der Waals surface area (Å²) in [6.07, 6.45) is 1.76. The average Bonchev–Trinajstić information content (AvgIpc) is 2.43. The van der Waals surface area contributed by atoms with E-state index in [2.05, 4.69) is 15.9 Å². The third-order valence-electron chi connectivity index (χ3n) is 3.47. The third kappa shape index (κ3) is 4.14. The van der Waals surface area contributed by atoms with Gasteiger partial charge >= 0.3 is 0 Å². The van der Waals surface area contributed by atoms with E-state index in [0.29, 0.717) is 5.92 Å². The fourth-order valence-corrected chi connectivity index (χ4v) is 2.79. The van der Waals surface area contributed by atoms with Gasteiger partial charge in [-0.25, -0.2) is 8.78 Å². The first-order chi connectivity index (χ1) is 9.58. The lowest BCUT2D eigenvalue weighted by Gasteiger charge is -2.16. The number of hydrogen-bond acceptors (Lipinski definition) is 0. The van der Waals surface area contributed by atoms with Crippen LogP contribution < -0.4 is 0 Å². The van der Waals surface area contributed by atoms with Gasteiger partial charge in [0.2, 0.25) is 0 Å². The Morgan fingerprint density at radius 2 is 1.60 bits per heavy atom. The molecular weight excluding hydrogens is 322 g/mol. The highest BCUT2D eigenvalue weighted by atomic mass is 79.9. The molecule has 1 atom stereocenters. The first-order valence-corrected chi connectivity index (χ1v) is 7.76. The highest BCUT2D eigenvalue weighted by Crippen LogP contribution is 2.20. The van der Waals surface area contributed by atoms with Gasteiger partial charge in [-0.3, -0.25) is 0 Å². The second-order valence-corrected chi connectivity index (χ2v) is 5.77. The normalized spacial score (nSPS) is 12.4. The first-order valence-electron chi connectivity index (χ1n) is 6.64. The maximum atomic E-state index is 13.1. The van der Waals surface area contributed by atoms with E-state index in [-0.39, 0.29) is 11.6 Å². The zero-order chi connectivity index (χ0) is 14.5. The number of aryl methyl sites for hydroxylation is 1. The van der Waals surface area contributed by atoms with Gasteiger partial charge in [0.15, 0.2) is 0 Å². The standard InChI is InChI=1S/C17H17BrF2/c1-12-8-17(20)7-4-15(12)10-14(11-18)9-13-2-5-16(19)6-3-13/h2-8,14H,9-11H2,1H3. The van der Waals surface area contributed by atoms with Crippen molar-refractivity contribution in [2.45, 2.75) is 19.8 Å². The van der Waals surface area contributed by atoms with Crippen LogP contribution >= 0.6 is 15.9 Å². The summed E-state index contributed by atoms with van der Waals surface area (Å²) in [5.74, 6) is 0.00307. The molecule has 106 valence electrons. The van der Waals surface area contributed by atoms with Crippen LogP contribution in [0.3, 0.4) is 0 Å². The minimum atomic E-state index is -0.210. The molecule has 1 unspecified atom stereocenters. The Hall–Kier alpha value is -1.22. The minimum absolute atomic E-state index is 0.194. The summed E-state index contributed by atoms with van der Waals surface area (Å²) in [6.45, 7) is 1.93. The zero-order valence-corrected chi connectivity index (χ0v) is 13.0. The summed E-state index contributed by atoms with van der Waals surface area (Å²) in [5, 5.41) is 0.862. The van der Waals surface area contributed by atoms with E-state index in [1.807, 2.05) is 25.1 Å². The van der Waals surface area contributed by atoms with Gasteiger partial charge < -0.3 is 0 Å². The van der Waals surface area contributed by atoms with Crippen LogP contribution in [-0.2, 0) is 12.8 Å². The van der Waals surface area contributed by atoms with E-state index < -0.39 is 0 Å². The van der Waals surface area contributed by atoms with Crippen molar-refractivity contribution in [3.05, 3.63) is 70.8 Å². The molecule has 2 rings (SSSR count). The van der Waals surface area contributed by atoms with E-state index in [1.54, 1.807) is 6.07 Å². The molecule has 0 aliphatic rings. The highest BCUT2D eigenvalue weighted by Gasteiger charge is 2.11. The SMILES string of the molecule is Cc1cc(F)ccc1CC(CBr)Cc1ccc(F)cc1. The monoisotopic (exact) mass is 338 g/mol. The number of benzene rings is 2. The molecule has 0 aliphatic carbocycles. The van der Waals surface area contributed by atoms with Gasteiger partial charge in [-0.2, -0.15) is 0 Å². The Morgan fingerprint density at radius 3 is 2.20 bits per heavy atom. The molecule has 0 spiro atoms. The largest absolute Gasteiger partial charge is 0.207 e. The van der Waals surface area contributed by atoms with Crippen LogP contribution in [-0.4, -0.2) is 5.33 Å². The predicted molar refractivity (Wildman–Crippen MR) is 82.2 cm³/mol. The van der Waals surface area contributed by atoms with Crippen molar-refractivity contribution in [2.75, 3.05) is 5.33 Å². The summed E-state index contributed by atoms with van der Waals surface area (Å²) in [5.41, 5.74) is 3.27. The lowest BCUT2D eigenvalue weighted by molar-refractivity contribution is 0.582. The maximum Gasteiger partial charge on any atom is 0.123 e. The molecule has 2 aromatic rings. The van der Waals surface area contributed by atoms with Crippen LogP contribution in [0.4, 0.5) is 8.78 Å². The third-order valence-corrected chi connectivity index (χ3v) is 4.38. The van der Waals surface area contributed by atoms with E-state index in [1.165, 1.54) is 18.2 Å². The Labute approximate surface area is 127 Å². The molecule has 0 aliphatic heterocycles. The van der Waals surface area contributed by atoms with Gasteiger partial charge in [-0.1, -0.05) is 34.1 Å². The predicted octanol–water partition coefficient (Wildman–Crippen LogP) is 5.07. The average molecular weight is 339 g/mol. The second kappa shape index (κ2) is 6.98. The summed E-state index contributed by atoms with van der Waals surface area (Å²) < 4.78 is 26.0. The van der Waals surface area contributed by atoms with E-state index in [9.17, 15) is 8.78 Å². The second-order valence-electron chi connectivity index (χ2n) is 5.13. The van der Waals surface area contributed by atoms with Crippen LogP contribution in [0.2, 0.25) is 0 Å². The fourth-order valence-electron chi connectivity index (χ4n) is 2.33. The lowest BCUT2D eigenvalue weighted by Crippen LogP contribution is -2.11. The van der Waals surface area contributed by atoms with Gasteiger partial charge in [0, 0.05) is 5.33 Å². The first kappa shape index (κ1) is 15.2. The molecule has 0 nitrogen and oxygen atoms in total. The van der Waals surface area contributed by atoms with E-state index in [4.69, 9.17) is 0 Å². The summed E-state index contributed by atoms with van der Waals surface area (Å²) in [6, 6.07) is 11.5. The molecule has 0 fully saturated rings. The van der Waals surface area contributed by atoms with Gasteiger partial charge in [-0.15, -0.1) is 0 Å². The van der Waals surface area contributed by atoms with Crippen molar-refractivity contribution >= 4 is 15.9 Å². The van der Waals surface area contributed by atoms with Crippen LogP contribution in [0.15, 0.2) is 42.5 Å². The molecule has 3 heteroatoms. The van der Waals surface area contributed by atoms with Crippen LogP contribution in [0.5, 0.6) is 0 Å². The highest BCUT2D eigenvalue weighted by molar-refractivity contribution is 9.09. The Bertz CT molecular complexity index is 564. The Kier molecular flexibility index (Phi) is 5.30. The van der Waals surface area contributed by atoms with Crippen LogP contribution in [0.25, 0.3) is 0 Å². The minimum Gasteiger partial charge on any atom is -0.207 e. The van der Waals surface area contributed by atoms with Crippen molar-refractivity contribution in [3.8, 4) is 0 Å². The molecule has 0 saturated carbocycles. The molecule has 0 heterocycles. The molecule has 0 N–H and O–H groups in total. The molecular formula is C17H17BrF2. The zero-order valence-electron chi connectivity index (χ0n) is 11.4.